The van der Waals surface area contributed by atoms with Crippen LogP contribution >= 0.6 is 0 Å². The molecule has 0 spiro atoms. The Kier molecular flexibility index (Phi) is 3.75. The molecule has 0 N–H and O–H groups in total. The van der Waals surface area contributed by atoms with Crippen molar-refractivity contribution in [1.82, 2.24) is 19.2 Å². The van der Waals surface area contributed by atoms with Crippen LogP contribution in [0.25, 0.3) is 5.69 Å². The highest BCUT2D eigenvalue weighted by atomic mass is 16.2. The Bertz CT molecular complexity index is 813. The molecule has 1 amide bonds. The van der Waals surface area contributed by atoms with Gasteiger partial charge < -0.3 is 4.90 Å². The van der Waals surface area contributed by atoms with E-state index >= 15 is 0 Å². The van der Waals surface area contributed by atoms with E-state index in [1.54, 1.807) is 4.57 Å². The maximum atomic E-state index is 12.6. The molecule has 6 nitrogen and oxygen atoms in total. The van der Waals surface area contributed by atoms with Crippen molar-refractivity contribution < 1.29 is 4.79 Å². The summed E-state index contributed by atoms with van der Waals surface area (Å²) in [7, 11) is 0. The highest BCUT2D eigenvalue weighted by molar-refractivity contribution is 5.79. The zero-order chi connectivity index (χ0) is 16.7. The highest BCUT2D eigenvalue weighted by Gasteiger charge is 2.31. The van der Waals surface area contributed by atoms with Crippen LogP contribution in [0.1, 0.15) is 37.1 Å². The van der Waals surface area contributed by atoms with Gasteiger partial charge in [-0.15, -0.1) is 5.10 Å². The lowest BCUT2D eigenvalue weighted by Gasteiger charge is -2.28. The fourth-order valence-corrected chi connectivity index (χ4v) is 3.72. The molecule has 1 aliphatic heterocycles. The number of aryl methyl sites for hydroxylation is 1. The number of amides is 1. The molecule has 0 saturated heterocycles. The van der Waals surface area contributed by atoms with Gasteiger partial charge in [-0.25, -0.2) is 4.79 Å². The summed E-state index contributed by atoms with van der Waals surface area (Å²) in [4.78, 5) is 27.1. The summed E-state index contributed by atoms with van der Waals surface area (Å²) in [5.74, 6) is 1.08. The summed E-state index contributed by atoms with van der Waals surface area (Å²) in [6.07, 6.45) is 4.30. The Morgan fingerprint density at radius 3 is 2.54 bits per heavy atom. The summed E-state index contributed by atoms with van der Waals surface area (Å²) in [5, 5.41) is 4.48. The molecule has 1 saturated carbocycles. The van der Waals surface area contributed by atoms with E-state index in [0.29, 0.717) is 25.5 Å². The number of aromatic nitrogens is 3. The van der Waals surface area contributed by atoms with Gasteiger partial charge in [0.05, 0.1) is 12.2 Å². The molecule has 126 valence electrons. The molecular weight excluding hydrogens is 304 g/mol. The first-order valence-corrected chi connectivity index (χ1v) is 8.68. The molecule has 2 heterocycles. The molecule has 2 aliphatic rings. The predicted molar refractivity (Wildman–Crippen MR) is 89.9 cm³/mol. The molecule has 0 unspecified atom stereocenters. The molecule has 1 aromatic heterocycles. The molecule has 0 radical (unpaired) electrons. The number of fused-ring (bicyclic) bond motifs is 1. The van der Waals surface area contributed by atoms with E-state index < -0.39 is 0 Å². The number of hydrogen-bond donors (Lipinski definition) is 0. The highest BCUT2D eigenvalue weighted by Crippen LogP contribution is 2.27. The van der Waals surface area contributed by atoms with Crippen molar-refractivity contribution in [2.75, 3.05) is 6.54 Å². The van der Waals surface area contributed by atoms with Gasteiger partial charge >= 0.3 is 5.69 Å². The Morgan fingerprint density at radius 1 is 1.12 bits per heavy atom. The summed E-state index contributed by atoms with van der Waals surface area (Å²) in [6.45, 7) is 3.57. The van der Waals surface area contributed by atoms with Gasteiger partial charge in [-0.05, 0) is 31.9 Å². The molecule has 2 aromatic rings. The first-order valence-electron chi connectivity index (χ1n) is 8.68. The average molecular weight is 326 g/mol. The maximum Gasteiger partial charge on any atom is 0.350 e. The predicted octanol–water partition coefficient (Wildman–Crippen LogP) is 1.87. The second-order valence-electron chi connectivity index (χ2n) is 6.84. The average Bonchev–Trinajstić information content (AvgIpc) is 3.23. The van der Waals surface area contributed by atoms with Crippen molar-refractivity contribution in [3.8, 4) is 5.69 Å². The quantitative estimate of drug-likeness (QED) is 0.846. The van der Waals surface area contributed by atoms with Crippen LogP contribution in [0.5, 0.6) is 0 Å². The van der Waals surface area contributed by atoms with Crippen molar-refractivity contribution in [2.45, 2.75) is 45.7 Å². The third-order valence-corrected chi connectivity index (χ3v) is 5.16. The van der Waals surface area contributed by atoms with E-state index in [1.165, 1.54) is 4.68 Å². The maximum absolute atomic E-state index is 12.6. The molecule has 0 bridgehead atoms. The van der Waals surface area contributed by atoms with E-state index in [-0.39, 0.29) is 17.5 Å². The van der Waals surface area contributed by atoms with Crippen molar-refractivity contribution in [1.29, 1.82) is 0 Å². The number of nitrogens with zero attached hydrogens (tertiary/aromatic N) is 4. The van der Waals surface area contributed by atoms with Gasteiger partial charge in [0.2, 0.25) is 5.91 Å². The largest absolute Gasteiger partial charge is 0.350 e. The normalized spacial score (nSPS) is 18.0. The molecule has 24 heavy (non-hydrogen) atoms. The summed E-state index contributed by atoms with van der Waals surface area (Å²) < 4.78 is 3.14. The lowest BCUT2D eigenvalue weighted by Crippen LogP contribution is -2.43. The van der Waals surface area contributed by atoms with Crippen LogP contribution in [0, 0.1) is 12.8 Å². The second kappa shape index (κ2) is 5.92. The van der Waals surface area contributed by atoms with Crippen LogP contribution < -0.4 is 5.69 Å². The molecule has 0 atom stereocenters. The van der Waals surface area contributed by atoms with Crippen LogP contribution in [-0.4, -0.2) is 31.7 Å². The minimum atomic E-state index is -0.123. The summed E-state index contributed by atoms with van der Waals surface area (Å²) in [5.41, 5.74) is 1.78. The Balaban J connectivity index is 1.60. The van der Waals surface area contributed by atoms with Gasteiger partial charge in [0.1, 0.15) is 0 Å². The lowest BCUT2D eigenvalue weighted by molar-refractivity contribution is -0.136. The zero-order valence-electron chi connectivity index (χ0n) is 13.9. The Hall–Kier alpha value is -2.37. The minimum Gasteiger partial charge on any atom is -0.333 e. The minimum absolute atomic E-state index is 0.123. The van der Waals surface area contributed by atoms with E-state index in [0.717, 1.165) is 36.9 Å². The van der Waals surface area contributed by atoms with Crippen molar-refractivity contribution in [2.24, 2.45) is 5.92 Å². The fourth-order valence-electron chi connectivity index (χ4n) is 3.72. The van der Waals surface area contributed by atoms with Crippen molar-refractivity contribution in [3.63, 3.8) is 0 Å². The molecule has 4 rings (SSSR count). The second-order valence-corrected chi connectivity index (χ2v) is 6.84. The van der Waals surface area contributed by atoms with Gasteiger partial charge in [-0.1, -0.05) is 30.5 Å². The first-order chi connectivity index (χ1) is 11.6. The van der Waals surface area contributed by atoms with Crippen molar-refractivity contribution >= 4 is 5.91 Å². The Morgan fingerprint density at radius 2 is 1.83 bits per heavy atom. The van der Waals surface area contributed by atoms with E-state index in [9.17, 15) is 9.59 Å². The van der Waals surface area contributed by atoms with Crippen LogP contribution in [-0.2, 0) is 17.9 Å². The molecule has 6 heteroatoms. The van der Waals surface area contributed by atoms with E-state index in [1.807, 2.05) is 36.1 Å². The standard InChI is InChI=1S/C18H22N4O2/c1-13-6-8-15(9-7-13)22-18(24)21-11-10-20(12-16(21)19-22)17(23)14-4-2-3-5-14/h6-9,14H,2-5,10-12H2,1H3. The number of benzene rings is 1. The van der Waals surface area contributed by atoms with E-state index in [4.69, 9.17) is 0 Å². The molecule has 1 aliphatic carbocycles. The van der Waals surface area contributed by atoms with Crippen LogP contribution in [0.3, 0.4) is 0 Å². The Labute approximate surface area is 140 Å². The smallest absolute Gasteiger partial charge is 0.333 e. The monoisotopic (exact) mass is 326 g/mol. The van der Waals surface area contributed by atoms with Gasteiger partial charge in [-0.2, -0.15) is 4.68 Å². The molecular formula is C18H22N4O2. The van der Waals surface area contributed by atoms with Gasteiger partial charge in [0.25, 0.3) is 0 Å². The number of carbonyl (C=O) groups excluding carboxylic acids is 1. The molecule has 1 fully saturated rings. The van der Waals surface area contributed by atoms with E-state index in [2.05, 4.69) is 5.10 Å². The number of hydrogen-bond acceptors (Lipinski definition) is 3. The third kappa shape index (κ3) is 2.56. The van der Waals surface area contributed by atoms with Crippen molar-refractivity contribution in [3.05, 3.63) is 46.1 Å². The lowest BCUT2D eigenvalue weighted by atomic mass is 10.1. The van der Waals surface area contributed by atoms with Crippen LogP contribution in [0.2, 0.25) is 0 Å². The topological polar surface area (TPSA) is 60.1 Å². The number of carbonyl (C=O) groups is 1. The number of rotatable bonds is 2. The fraction of sp³-hybridized carbons (Fsp3) is 0.500. The summed E-state index contributed by atoms with van der Waals surface area (Å²) >= 11 is 0. The van der Waals surface area contributed by atoms with Gasteiger partial charge in [-0.3, -0.25) is 9.36 Å². The van der Waals surface area contributed by atoms with Crippen LogP contribution in [0.4, 0.5) is 0 Å². The summed E-state index contributed by atoms with van der Waals surface area (Å²) in [6, 6.07) is 7.74. The third-order valence-electron chi connectivity index (χ3n) is 5.16. The van der Waals surface area contributed by atoms with Gasteiger partial charge in [0, 0.05) is 19.0 Å². The molecule has 1 aromatic carbocycles. The SMILES string of the molecule is Cc1ccc(-n2nc3n(c2=O)CCN(C(=O)C2CCCC2)C3)cc1. The first kappa shape index (κ1) is 15.2. The zero-order valence-corrected chi connectivity index (χ0v) is 13.9. The van der Waals surface area contributed by atoms with Gasteiger partial charge in [0.15, 0.2) is 5.82 Å². The van der Waals surface area contributed by atoms with Crippen LogP contribution in [0.15, 0.2) is 29.1 Å².